The van der Waals surface area contributed by atoms with Gasteiger partial charge in [0.1, 0.15) is 6.10 Å². The van der Waals surface area contributed by atoms with Crippen LogP contribution in [-0.2, 0) is 9.53 Å². The Morgan fingerprint density at radius 2 is 2.30 bits per heavy atom. The Morgan fingerprint density at radius 1 is 1.70 bits per heavy atom. The predicted molar refractivity (Wildman–Crippen MR) is 35.6 cm³/mol. The van der Waals surface area contributed by atoms with Gasteiger partial charge in [0.15, 0.2) is 5.78 Å². The van der Waals surface area contributed by atoms with E-state index in [1.165, 1.54) is 6.92 Å². The van der Waals surface area contributed by atoms with E-state index in [1.54, 1.807) is 6.92 Å². The molecule has 1 N–H and O–H groups in total. The minimum Gasteiger partial charge on any atom is -0.390 e. The number of ketones is 1. The van der Waals surface area contributed by atoms with Crippen LogP contribution in [-0.4, -0.2) is 29.2 Å². The number of Topliss-reactive ketones (excluding diaryl/α,β-unsaturated/α-hetero) is 1. The van der Waals surface area contributed by atoms with E-state index in [2.05, 4.69) is 0 Å². The van der Waals surface area contributed by atoms with Gasteiger partial charge in [0.2, 0.25) is 0 Å². The zero-order chi connectivity index (χ0) is 7.72. The number of rotatable bonds is 1. The zero-order valence-corrected chi connectivity index (χ0v) is 6.20. The van der Waals surface area contributed by atoms with Crippen molar-refractivity contribution in [2.24, 2.45) is 0 Å². The average Bonchev–Trinajstić information content (AvgIpc) is 2.13. The van der Waals surface area contributed by atoms with Crippen LogP contribution in [0.2, 0.25) is 0 Å². The molecule has 3 heteroatoms. The third-order valence-corrected chi connectivity index (χ3v) is 1.83. The molecule has 58 valence electrons. The molecule has 0 spiro atoms. The van der Waals surface area contributed by atoms with Crippen molar-refractivity contribution in [3.05, 3.63) is 0 Å². The van der Waals surface area contributed by atoms with Crippen molar-refractivity contribution in [3.63, 3.8) is 0 Å². The monoisotopic (exact) mass is 144 g/mol. The molecule has 0 aromatic rings. The fraction of sp³-hybridized carbons (Fsp3) is 0.857. The molecular weight excluding hydrogens is 132 g/mol. The van der Waals surface area contributed by atoms with Gasteiger partial charge < -0.3 is 9.84 Å². The van der Waals surface area contributed by atoms with E-state index in [9.17, 15) is 4.79 Å². The fourth-order valence-corrected chi connectivity index (χ4v) is 1.08. The van der Waals surface area contributed by atoms with Crippen molar-refractivity contribution >= 4 is 5.78 Å². The lowest BCUT2D eigenvalue weighted by Crippen LogP contribution is -2.17. The summed E-state index contributed by atoms with van der Waals surface area (Å²) in [6.45, 7) is 3.25. The van der Waals surface area contributed by atoms with Crippen LogP contribution in [0.1, 0.15) is 20.3 Å². The number of ether oxygens (including phenoxy) is 1. The van der Waals surface area contributed by atoms with E-state index in [0.717, 1.165) is 0 Å². The van der Waals surface area contributed by atoms with Crippen LogP contribution < -0.4 is 0 Å². The Labute approximate surface area is 60.0 Å². The van der Waals surface area contributed by atoms with E-state index in [1.807, 2.05) is 0 Å². The largest absolute Gasteiger partial charge is 0.390 e. The lowest BCUT2D eigenvalue weighted by atomic mass is 10.1. The maximum absolute atomic E-state index is 10.7. The molecule has 0 radical (unpaired) electrons. The Bertz CT molecular complexity index is 134. The van der Waals surface area contributed by atoms with Crippen LogP contribution in [0.3, 0.4) is 0 Å². The molecule has 0 aromatic heterocycles. The molecule has 1 aliphatic rings. The van der Waals surface area contributed by atoms with Crippen LogP contribution in [0.5, 0.6) is 0 Å². The lowest BCUT2D eigenvalue weighted by molar-refractivity contribution is -0.127. The summed E-state index contributed by atoms with van der Waals surface area (Å²) in [5, 5.41) is 9.14. The first-order chi connectivity index (χ1) is 4.61. The Balaban J connectivity index is 2.49. The number of hydrogen-bond acceptors (Lipinski definition) is 3. The average molecular weight is 144 g/mol. The Morgan fingerprint density at radius 3 is 2.50 bits per heavy atom. The minimum atomic E-state index is -0.464. The first-order valence-electron chi connectivity index (χ1n) is 3.45. The van der Waals surface area contributed by atoms with E-state index in [-0.39, 0.29) is 18.0 Å². The molecule has 0 saturated carbocycles. The van der Waals surface area contributed by atoms with Gasteiger partial charge in [-0.25, -0.2) is 0 Å². The molecule has 0 aromatic carbocycles. The highest BCUT2D eigenvalue weighted by molar-refractivity contribution is 5.80. The van der Waals surface area contributed by atoms with E-state index in [0.29, 0.717) is 6.42 Å². The topological polar surface area (TPSA) is 46.5 Å². The van der Waals surface area contributed by atoms with Crippen molar-refractivity contribution in [2.75, 3.05) is 0 Å². The quantitative estimate of drug-likeness (QED) is 0.568. The van der Waals surface area contributed by atoms with Gasteiger partial charge in [-0.2, -0.15) is 0 Å². The van der Waals surface area contributed by atoms with Crippen molar-refractivity contribution in [1.82, 2.24) is 0 Å². The lowest BCUT2D eigenvalue weighted by Gasteiger charge is -2.05. The SMILES string of the molecule is CC(=O)C1CC(O)[C@H](C)O1. The molecule has 0 aliphatic carbocycles. The number of hydrogen-bond donors (Lipinski definition) is 1. The van der Waals surface area contributed by atoms with Gasteiger partial charge in [0, 0.05) is 6.42 Å². The summed E-state index contributed by atoms with van der Waals surface area (Å²) in [6, 6.07) is 0. The first kappa shape index (κ1) is 7.69. The van der Waals surface area contributed by atoms with E-state index < -0.39 is 6.10 Å². The normalized spacial score (nSPS) is 40.1. The van der Waals surface area contributed by atoms with Crippen molar-refractivity contribution < 1.29 is 14.6 Å². The number of carbonyl (C=O) groups is 1. The highest BCUT2D eigenvalue weighted by Gasteiger charge is 2.32. The van der Waals surface area contributed by atoms with Gasteiger partial charge >= 0.3 is 0 Å². The number of aliphatic hydroxyl groups excluding tert-OH is 1. The first-order valence-corrected chi connectivity index (χ1v) is 3.45. The fourth-order valence-electron chi connectivity index (χ4n) is 1.08. The molecule has 1 fully saturated rings. The summed E-state index contributed by atoms with van der Waals surface area (Å²) in [5.41, 5.74) is 0. The van der Waals surface area contributed by atoms with Crippen LogP contribution in [0.4, 0.5) is 0 Å². The molecule has 3 nitrogen and oxygen atoms in total. The highest BCUT2D eigenvalue weighted by Crippen LogP contribution is 2.20. The summed E-state index contributed by atoms with van der Waals surface area (Å²) < 4.78 is 5.14. The summed E-state index contributed by atoms with van der Waals surface area (Å²) in [6.07, 6.45) is -0.566. The van der Waals surface area contributed by atoms with Gasteiger partial charge in [-0.15, -0.1) is 0 Å². The molecule has 0 amide bonds. The smallest absolute Gasteiger partial charge is 0.158 e. The molecule has 10 heavy (non-hydrogen) atoms. The molecule has 1 heterocycles. The van der Waals surface area contributed by atoms with Crippen LogP contribution in [0, 0.1) is 0 Å². The summed E-state index contributed by atoms with van der Waals surface area (Å²) in [7, 11) is 0. The van der Waals surface area contributed by atoms with Gasteiger partial charge in [0.25, 0.3) is 0 Å². The Hall–Kier alpha value is -0.410. The molecule has 1 rings (SSSR count). The highest BCUT2D eigenvalue weighted by atomic mass is 16.5. The molecule has 0 bridgehead atoms. The van der Waals surface area contributed by atoms with Crippen molar-refractivity contribution in [2.45, 2.75) is 38.6 Å². The second kappa shape index (κ2) is 2.68. The molecule has 3 atom stereocenters. The maximum atomic E-state index is 10.7. The summed E-state index contributed by atoms with van der Waals surface area (Å²) in [4.78, 5) is 10.7. The maximum Gasteiger partial charge on any atom is 0.158 e. The standard InChI is InChI=1S/C7H12O3/c1-4(8)7-3-6(9)5(2)10-7/h5-7,9H,3H2,1-2H3/t5-,6?,7?/m0/s1. The second-order valence-electron chi connectivity index (χ2n) is 2.74. The van der Waals surface area contributed by atoms with Crippen LogP contribution in [0.15, 0.2) is 0 Å². The summed E-state index contributed by atoms with van der Waals surface area (Å²) in [5.74, 6) is 0.00315. The molecule has 1 saturated heterocycles. The van der Waals surface area contributed by atoms with Gasteiger partial charge in [-0.1, -0.05) is 0 Å². The third kappa shape index (κ3) is 1.36. The summed E-state index contributed by atoms with van der Waals surface area (Å²) >= 11 is 0. The van der Waals surface area contributed by atoms with E-state index in [4.69, 9.17) is 9.84 Å². The molecule has 2 unspecified atom stereocenters. The van der Waals surface area contributed by atoms with E-state index >= 15 is 0 Å². The van der Waals surface area contributed by atoms with Gasteiger partial charge in [-0.3, -0.25) is 4.79 Å². The van der Waals surface area contributed by atoms with Gasteiger partial charge in [-0.05, 0) is 13.8 Å². The predicted octanol–water partition coefficient (Wildman–Crippen LogP) is 0.114. The molecule has 1 aliphatic heterocycles. The molecular formula is C7H12O3. The zero-order valence-electron chi connectivity index (χ0n) is 6.20. The van der Waals surface area contributed by atoms with Crippen molar-refractivity contribution in [3.8, 4) is 0 Å². The minimum absolute atomic E-state index is 0.00315. The Kier molecular flexibility index (Phi) is 2.06. The number of carbonyl (C=O) groups excluding carboxylic acids is 1. The third-order valence-electron chi connectivity index (χ3n) is 1.83. The van der Waals surface area contributed by atoms with Crippen LogP contribution in [0.25, 0.3) is 0 Å². The van der Waals surface area contributed by atoms with Crippen LogP contribution >= 0.6 is 0 Å². The number of aliphatic hydroxyl groups is 1. The van der Waals surface area contributed by atoms with Crippen molar-refractivity contribution in [1.29, 1.82) is 0 Å². The van der Waals surface area contributed by atoms with Gasteiger partial charge in [0.05, 0.1) is 12.2 Å². The second-order valence-corrected chi connectivity index (χ2v) is 2.74.